The van der Waals surface area contributed by atoms with E-state index < -0.39 is 18.4 Å². The van der Waals surface area contributed by atoms with Crippen LogP contribution >= 0.6 is 0 Å². The number of unbranched alkanes of at least 4 members (excludes halogenated alkanes) is 9. The Labute approximate surface area is 147 Å². The molecule has 0 radical (unpaired) electrons. The van der Waals surface area contributed by atoms with Crippen molar-refractivity contribution in [2.24, 2.45) is 0 Å². The number of aliphatic hydroxyl groups is 1. The van der Waals surface area contributed by atoms with E-state index in [1.165, 1.54) is 64.7 Å². The minimum absolute atomic E-state index is 0.425. The van der Waals surface area contributed by atoms with E-state index in [1.807, 2.05) is 29.2 Å². The van der Waals surface area contributed by atoms with Gasteiger partial charge < -0.3 is 19.6 Å². The maximum atomic E-state index is 11.6. The van der Waals surface area contributed by atoms with Crippen LogP contribution in [0.4, 0.5) is 0 Å². The van der Waals surface area contributed by atoms with Gasteiger partial charge in [0.1, 0.15) is 6.10 Å². The number of rotatable bonds is 13. The molecule has 0 saturated carbocycles. The summed E-state index contributed by atoms with van der Waals surface area (Å²) in [6.45, 7) is 4.55. The summed E-state index contributed by atoms with van der Waals surface area (Å²) < 4.78 is 5.34. The first kappa shape index (κ1) is 20.8. The van der Waals surface area contributed by atoms with Crippen LogP contribution in [0.15, 0.2) is 12.4 Å². The molecule has 1 N–H and O–H groups in total. The zero-order valence-corrected chi connectivity index (χ0v) is 15.7. The van der Waals surface area contributed by atoms with Gasteiger partial charge in [-0.25, -0.2) is 4.79 Å². The lowest BCUT2D eigenvalue weighted by molar-refractivity contribution is -0.175. The van der Waals surface area contributed by atoms with Gasteiger partial charge in [-0.05, 0) is 13.3 Å². The monoisotopic (exact) mass is 340 g/mol. The fourth-order valence-electron chi connectivity index (χ4n) is 2.89. The molecule has 0 bridgehead atoms. The number of hydrogen-bond acceptors (Lipinski definition) is 5. The number of esters is 1. The molecule has 5 heteroatoms. The van der Waals surface area contributed by atoms with Gasteiger partial charge in [-0.15, -0.1) is 0 Å². The molecular weight excluding hydrogens is 304 g/mol. The minimum Gasteiger partial charge on any atom is -0.420 e. The molecule has 1 aliphatic heterocycles. The van der Waals surface area contributed by atoms with Gasteiger partial charge >= 0.3 is 5.97 Å². The van der Waals surface area contributed by atoms with Crippen LogP contribution in [0.1, 0.15) is 78.1 Å². The van der Waals surface area contributed by atoms with E-state index in [2.05, 4.69) is 6.92 Å². The number of nitrogens with zero attached hydrogens (tertiary/aromatic N) is 2. The normalized spacial score (nSPS) is 18.2. The summed E-state index contributed by atoms with van der Waals surface area (Å²) in [5.41, 5.74) is 0. The van der Waals surface area contributed by atoms with Crippen molar-refractivity contribution in [3.63, 3.8) is 0 Å². The molecule has 0 aromatic carbocycles. The highest BCUT2D eigenvalue weighted by Crippen LogP contribution is 2.17. The zero-order valence-electron chi connectivity index (χ0n) is 15.7. The average Bonchev–Trinajstić information content (AvgIpc) is 2.89. The molecule has 1 rings (SSSR count). The van der Waals surface area contributed by atoms with E-state index in [1.54, 1.807) is 0 Å². The van der Waals surface area contributed by atoms with Gasteiger partial charge in [0.25, 0.3) is 6.35 Å². The second-order valence-electron chi connectivity index (χ2n) is 6.82. The Morgan fingerprint density at radius 3 is 2.12 bits per heavy atom. The zero-order chi connectivity index (χ0) is 17.8. The molecule has 140 valence electrons. The van der Waals surface area contributed by atoms with Crippen molar-refractivity contribution >= 4 is 5.97 Å². The number of carbonyl (C=O) groups is 1. The second-order valence-corrected chi connectivity index (χ2v) is 6.82. The molecule has 0 fully saturated rings. The third-order valence-electron chi connectivity index (χ3n) is 4.46. The van der Waals surface area contributed by atoms with Crippen LogP contribution < -0.4 is 0 Å². The summed E-state index contributed by atoms with van der Waals surface area (Å²) in [5.74, 6) is -0.580. The predicted molar refractivity (Wildman–Crippen MR) is 97.0 cm³/mol. The third kappa shape index (κ3) is 8.04. The first-order chi connectivity index (χ1) is 11.6. The topological polar surface area (TPSA) is 53.0 Å². The van der Waals surface area contributed by atoms with Crippen LogP contribution in [-0.2, 0) is 9.53 Å². The highest BCUT2D eigenvalue weighted by molar-refractivity contribution is 5.73. The summed E-state index contributed by atoms with van der Waals surface area (Å²) in [4.78, 5) is 15.4. The van der Waals surface area contributed by atoms with Crippen molar-refractivity contribution in [2.75, 3.05) is 13.6 Å². The highest BCUT2D eigenvalue weighted by atomic mass is 16.6. The molecule has 0 aliphatic carbocycles. The van der Waals surface area contributed by atoms with E-state index in [0.29, 0.717) is 0 Å². The van der Waals surface area contributed by atoms with Crippen molar-refractivity contribution in [3.05, 3.63) is 12.4 Å². The summed E-state index contributed by atoms with van der Waals surface area (Å²) in [6, 6.07) is 0. The molecule has 2 unspecified atom stereocenters. The van der Waals surface area contributed by atoms with Gasteiger partial charge in [0, 0.05) is 26.0 Å². The number of aliphatic hydroxyl groups excluding tert-OH is 1. The molecule has 5 nitrogen and oxygen atoms in total. The van der Waals surface area contributed by atoms with Crippen molar-refractivity contribution in [2.45, 2.75) is 90.5 Å². The number of hydrogen-bond donors (Lipinski definition) is 1. The fourth-order valence-corrected chi connectivity index (χ4v) is 2.89. The molecule has 24 heavy (non-hydrogen) atoms. The van der Waals surface area contributed by atoms with Crippen molar-refractivity contribution in [3.8, 4) is 0 Å². The van der Waals surface area contributed by atoms with Crippen LogP contribution in [0.2, 0.25) is 0 Å². The molecule has 1 aliphatic rings. The van der Waals surface area contributed by atoms with E-state index in [0.717, 1.165) is 13.0 Å². The van der Waals surface area contributed by atoms with Gasteiger partial charge in [0.2, 0.25) is 0 Å². The smallest absolute Gasteiger partial charge is 0.337 e. The van der Waals surface area contributed by atoms with Gasteiger partial charge in [-0.2, -0.15) is 0 Å². The molecule has 2 atom stereocenters. The van der Waals surface area contributed by atoms with Crippen molar-refractivity contribution in [1.29, 1.82) is 0 Å². The lowest BCUT2D eigenvalue weighted by atomic mass is 10.1. The van der Waals surface area contributed by atoms with Gasteiger partial charge in [-0.1, -0.05) is 64.7 Å². The van der Waals surface area contributed by atoms with Crippen LogP contribution in [0.25, 0.3) is 0 Å². The second kappa shape index (κ2) is 12.2. The lowest BCUT2D eigenvalue weighted by Gasteiger charge is -2.30. The molecule has 1 heterocycles. The molecule has 0 aromatic heterocycles. The number of carbonyl (C=O) groups excluding carboxylic acids is 1. The lowest BCUT2D eigenvalue weighted by Crippen LogP contribution is -2.42. The van der Waals surface area contributed by atoms with Crippen LogP contribution in [0, 0.1) is 0 Å². The largest absolute Gasteiger partial charge is 0.420 e. The third-order valence-corrected chi connectivity index (χ3v) is 4.46. The summed E-state index contributed by atoms with van der Waals surface area (Å²) in [7, 11) is 1.87. The summed E-state index contributed by atoms with van der Waals surface area (Å²) in [5, 5.41) is 9.29. The molecule has 0 saturated heterocycles. The van der Waals surface area contributed by atoms with Crippen molar-refractivity contribution in [1.82, 2.24) is 9.80 Å². The summed E-state index contributed by atoms with van der Waals surface area (Å²) in [6.07, 6.45) is 15.4. The molecule has 0 aromatic rings. The Hall–Kier alpha value is -1.23. The fraction of sp³-hybridized carbons (Fsp3) is 0.842. The minimum atomic E-state index is -1.09. The van der Waals surface area contributed by atoms with E-state index in [4.69, 9.17) is 4.74 Å². The molecular formula is C19H36N2O3. The maximum absolute atomic E-state index is 11.6. The maximum Gasteiger partial charge on any atom is 0.337 e. The Morgan fingerprint density at radius 2 is 1.58 bits per heavy atom. The quantitative estimate of drug-likeness (QED) is 0.408. The van der Waals surface area contributed by atoms with Gasteiger partial charge in [-0.3, -0.25) is 0 Å². The SMILES string of the molecule is CCCCCCCCCCCCN1C=CN(C)C1OC(=O)C(C)O. The highest BCUT2D eigenvalue weighted by Gasteiger charge is 2.28. The van der Waals surface area contributed by atoms with Crippen LogP contribution in [0.5, 0.6) is 0 Å². The first-order valence-corrected chi connectivity index (χ1v) is 9.60. The Bertz CT molecular complexity index is 372. The first-order valence-electron chi connectivity index (χ1n) is 9.60. The number of ether oxygens (including phenoxy) is 1. The predicted octanol–water partition coefficient (Wildman–Crippen LogP) is 3.83. The van der Waals surface area contributed by atoms with Gasteiger partial charge in [0.05, 0.1) is 0 Å². The van der Waals surface area contributed by atoms with Crippen LogP contribution in [0.3, 0.4) is 0 Å². The standard InChI is InChI=1S/C19H36N2O3/c1-4-5-6-7-8-9-10-11-12-13-14-21-16-15-20(3)19(21)24-18(23)17(2)22/h15-17,19,22H,4-14H2,1-3H3. The average molecular weight is 341 g/mol. The molecule has 0 amide bonds. The Morgan fingerprint density at radius 1 is 1.04 bits per heavy atom. The van der Waals surface area contributed by atoms with E-state index in [-0.39, 0.29) is 0 Å². The van der Waals surface area contributed by atoms with Crippen molar-refractivity contribution < 1.29 is 14.6 Å². The Balaban J connectivity index is 2.09. The van der Waals surface area contributed by atoms with Crippen LogP contribution in [-0.4, -0.2) is 46.9 Å². The van der Waals surface area contributed by atoms with Gasteiger partial charge in [0.15, 0.2) is 0 Å². The van der Waals surface area contributed by atoms with E-state index >= 15 is 0 Å². The summed E-state index contributed by atoms with van der Waals surface area (Å²) >= 11 is 0. The van der Waals surface area contributed by atoms with E-state index in [9.17, 15) is 9.90 Å². The Kier molecular flexibility index (Phi) is 10.6. The molecule has 0 spiro atoms.